The van der Waals surface area contributed by atoms with E-state index in [4.69, 9.17) is 4.42 Å². The lowest BCUT2D eigenvalue weighted by atomic mass is 10.0. The van der Waals surface area contributed by atoms with E-state index in [1.807, 2.05) is 30.3 Å². The van der Waals surface area contributed by atoms with Gasteiger partial charge in [-0.05, 0) is 36.4 Å². The van der Waals surface area contributed by atoms with Gasteiger partial charge in [-0.1, -0.05) is 30.3 Å². The molecule has 0 saturated carbocycles. The van der Waals surface area contributed by atoms with E-state index in [9.17, 15) is 14.0 Å². The van der Waals surface area contributed by atoms with Gasteiger partial charge in [0.25, 0.3) is 11.8 Å². The number of anilines is 1. The SMILES string of the molecule is O=C(Nc1ccc(F)cc1)[C@@H](c1ccccc1)[NH+]1CCN(C(=O)c2ccco2)CC1. The Labute approximate surface area is 173 Å². The summed E-state index contributed by atoms with van der Waals surface area (Å²) in [5.41, 5.74) is 1.45. The molecule has 7 heteroatoms. The molecule has 6 nitrogen and oxygen atoms in total. The number of halogens is 1. The van der Waals surface area contributed by atoms with Crippen LogP contribution in [0.2, 0.25) is 0 Å². The molecular formula is C23H23FN3O3+. The molecular weight excluding hydrogens is 385 g/mol. The van der Waals surface area contributed by atoms with Crippen LogP contribution in [0.25, 0.3) is 0 Å². The third-order valence-corrected chi connectivity index (χ3v) is 5.34. The molecule has 2 amide bonds. The van der Waals surface area contributed by atoms with Crippen LogP contribution in [0.5, 0.6) is 0 Å². The highest BCUT2D eigenvalue weighted by Crippen LogP contribution is 2.15. The Morgan fingerprint density at radius 1 is 0.967 bits per heavy atom. The second-order valence-electron chi connectivity index (χ2n) is 7.27. The van der Waals surface area contributed by atoms with Crippen LogP contribution in [0.15, 0.2) is 77.4 Å². The average Bonchev–Trinajstić information content (AvgIpc) is 3.31. The lowest BCUT2D eigenvalue weighted by Gasteiger charge is -2.35. The van der Waals surface area contributed by atoms with Gasteiger partial charge >= 0.3 is 0 Å². The maximum atomic E-state index is 13.2. The van der Waals surface area contributed by atoms with Crippen molar-refractivity contribution in [1.82, 2.24) is 4.90 Å². The summed E-state index contributed by atoms with van der Waals surface area (Å²) in [6.45, 7) is 2.32. The predicted octanol–water partition coefficient (Wildman–Crippen LogP) is 2.14. The monoisotopic (exact) mass is 408 g/mol. The van der Waals surface area contributed by atoms with Crippen molar-refractivity contribution in [1.29, 1.82) is 0 Å². The van der Waals surface area contributed by atoms with Gasteiger partial charge in [0.05, 0.1) is 32.4 Å². The number of hydrogen-bond acceptors (Lipinski definition) is 3. The summed E-state index contributed by atoms with van der Waals surface area (Å²) in [7, 11) is 0. The third-order valence-electron chi connectivity index (χ3n) is 5.34. The molecule has 3 aromatic rings. The van der Waals surface area contributed by atoms with E-state index in [-0.39, 0.29) is 17.6 Å². The molecule has 0 aliphatic carbocycles. The number of amides is 2. The number of quaternary nitrogens is 1. The van der Waals surface area contributed by atoms with Gasteiger partial charge in [0, 0.05) is 11.3 Å². The number of piperazine rings is 1. The number of rotatable bonds is 5. The Morgan fingerprint density at radius 3 is 2.30 bits per heavy atom. The summed E-state index contributed by atoms with van der Waals surface area (Å²) in [5.74, 6) is -0.317. The largest absolute Gasteiger partial charge is 0.459 e. The molecule has 0 radical (unpaired) electrons. The van der Waals surface area contributed by atoms with Gasteiger partial charge in [-0.3, -0.25) is 9.59 Å². The zero-order valence-corrected chi connectivity index (χ0v) is 16.4. The van der Waals surface area contributed by atoms with Gasteiger partial charge in [-0.25, -0.2) is 4.39 Å². The summed E-state index contributed by atoms with van der Waals surface area (Å²) in [4.78, 5) is 28.5. The molecule has 1 aliphatic rings. The molecule has 1 aromatic heterocycles. The minimum Gasteiger partial charge on any atom is -0.459 e. The summed E-state index contributed by atoms with van der Waals surface area (Å²) >= 11 is 0. The second kappa shape index (κ2) is 8.92. The lowest BCUT2D eigenvalue weighted by molar-refractivity contribution is -0.925. The topological polar surface area (TPSA) is 67.0 Å². The highest BCUT2D eigenvalue weighted by Gasteiger charge is 2.35. The molecule has 2 aromatic carbocycles. The minimum atomic E-state index is -0.433. The van der Waals surface area contributed by atoms with Crippen molar-refractivity contribution >= 4 is 17.5 Å². The Bertz CT molecular complexity index is 982. The smallest absolute Gasteiger partial charge is 0.289 e. The van der Waals surface area contributed by atoms with E-state index in [2.05, 4.69) is 5.32 Å². The third kappa shape index (κ3) is 4.41. The number of benzene rings is 2. The Morgan fingerprint density at radius 2 is 1.67 bits per heavy atom. The van der Waals surface area contributed by atoms with E-state index in [0.717, 1.165) is 10.5 Å². The Kier molecular flexibility index (Phi) is 5.90. The van der Waals surface area contributed by atoms with Crippen LogP contribution in [0.3, 0.4) is 0 Å². The molecule has 2 N–H and O–H groups in total. The highest BCUT2D eigenvalue weighted by molar-refractivity contribution is 5.94. The van der Waals surface area contributed by atoms with E-state index >= 15 is 0 Å². The van der Waals surface area contributed by atoms with E-state index in [1.54, 1.807) is 29.2 Å². The molecule has 30 heavy (non-hydrogen) atoms. The van der Waals surface area contributed by atoms with Crippen molar-refractivity contribution in [2.75, 3.05) is 31.5 Å². The van der Waals surface area contributed by atoms with Gasteiger partial charge in [0.2, 0.25) is 0 Å². The van der Waals surface area contributed by atoms with E-state index in [0.29, 0.717) is 37.6 Å². The van der Waals surface area contributed by atoms with Crippen LogP contribution in [0.4, 0.5) is 10.1 Å². The van der Waals surface area contributed by atoms with Gasteiger partial charge in [0.15, 0.2) is 11.8 Å². The zero-order chi connectivity index (χ0) is 20.9. The fourth-order valence-corrected chi connectivity index (χ4v) is 3.81. The van der Waals surface area contributed by atoms with Crippen molar-refractivity contribution in [3.05, 3.63) is 90.1 Å². The van der Waals surface area contributed by atoms with Crippen LogP contribution in [-0.4, -0.2) is 42.9 Å². The molecule has 0 bridgehead atoms. The predicted molar refractivity (Wildman–Crippen MR) is 110 cm³/mol. The van der Waals surface area contributed by atoms with Crippen LogP contribution >= 0.6 is 0 Å². The highest BCUT2D eigenvalue weighted by atomic mass is 19.1. The molecule has 0 spiro atoms. The summed E-state index contributed by atoms with van der Waals surface area (Å²) in [6, 6.07) is 18.2. The number of carbonyl (C=O) groups excluding carboxylic acids is 2. The molecule has 2 heterocycles. The molecule has 1 aliphatic heterocycles. The van der Waals surface area contributed by atoms with Crippen molar-refractivity contribution in [2.45, 2.75) is 6.04 Å². The van der Waals surface area contributed by atoms with Crippen molar-refractivity contribution in [2.24, 2.45) is 0 Å². The fourth-order valence-electron chi connectivity index (χ4n) is 3.81. The summed E-state index contributed by atoms with van der Waals surface area (Å²) in [5, 5.41) is 2.90. The quantitative estimate of drug-likeness (QED) is 0.680. The summed E-state index contributed by atoms with van der Waals surface area (Å²) in [6.07, 6.45) is 1.49. The Balaban J connectivity index is 1.49. The normalized spacial score (nSPS) is 15.6. The maximum absolute atomic E-state index is 13.2. The number of nitrogens with zero attached hydrogens (tertiary/aromatic N) is 1. The van der Waals surface area contributed by atoms with Crippen molar-refractivity contribution < 1.29 is 23.3 Å². The molecule has 4 rings (SSSR count). The van der Waals surface area contributed by atoms with E-state index in [1.165, 1.54) is 18.4 Å². The fraction of sp³-hybridized carbons (Fsp3) is 0.217. The van der Waals surface area contributed by atoms with Crippen molar-refractivity contribution in [3.63, 3.8) is 0 Å². The van der Waals surface area contributed by atoms with Gasteiger partial charge < -0.3 is 19.5 Å². The first-order valence-corrected chi connectivity index (χ1v) is 9.90. The number of carbonyl (C=O) groups is 2. The lowest BCUT2D eigenvalue weighted by Crippen LogP contribution is -3.16. The summed E-state index contributed by atoms with van der Waals surface area (Å²) < 4.78 is 18.4. The standard InChI is InChI=1S/C23H22FN3O3/c24-18-8-10-19(11-9-18)25-22(28)21(17-5-2-1-3-6-17)26-12-14-27(15-13-26)23(29)20-7-4-16-30-20/h1-11,16,21H,12-15H2,(H,25,28)/p+1/t21-/m1/s1. The second-order valence-corrected chi connectivity index (χ2v) is 7.27. The molecule has 1 saturated heterocycles. The van der Waals surface area contributed by atoms with E-state index < -0.39 is 6.04 Å². The zero-order valence-electron chi connectivity index (χ0n) is 16.4. The van der Waals surface area contributed by atoms with Crippen LogP contribution in [0, 0.1) is 5.82 Å². The Hall–Kier alpha value is -3.45. The molecule has 0 unspecified atom stereocenters. The van der Waals surface area contributed by atoms with Crippen LogP contribution < -0.4 is 10.2 Å². The molecule has 1 fully saturated rings. The first-order valence-electron chi connectivity index (χ1n) is 9.90. The van der Waals surface area contributed by atoms with Crippen LogP contribution in [-0.2, 0) is 4.79 Å². The van der Waals surface area contributed by atoms with Crippen LogP contribution in [0.1, 0.15) is 22.2 Å². The van der Waals surface area contributed by atoms with Gasteiger partial charge in [0.1, 0.15) is 5.82 Å². The first kappa shape index (κ1) is 19.8. The first-order chi connectivity index (χ1) is 14.6. The molecule has 1 atom stereocenters. The maximum Gasteiger partial charge on any atom is 0.289 e. The molecule has 154 valence electrons. The van der Waals surface area contributed by atoms with Gasteiger partial charge in [-0.15, -0.1) is 0 Å². The minimum absolute atomic E-state index is 0.133. The van der Waals surface area contributed by atoms with Crippen molar-refractivity contribution in [3.8, 4) is 0 Å². The number of nitrogens with one attached hydrogen (secondary N) is 2. The number of hydrogen-bond donors (Lipinski definition) is 2. The average molecular weight is 408 g/mol. The number of furan rings is 1. The van der Waals surface area contributed by atoms with Gasteiger partial charge in [-0.2, -0.15) is 0 Å².